The van der Waals surface area contributed by atoms with Crippen LogP contribution in [-0.4, -0.2) is 17.7 Å². The highest BCUT2D eigenvalue weighted by Gasteiger charge is 2.24. The Morgan fingerprint density at radius 3 is 2.89 bits per heavy atom. The predicted octanol–water partition coefficient (Wildman–Crippen LogP) is 3.44. The second-order valence-electron chi connectivity index (χ2n) is 5.89. The lowest BCUT2D eigenvalue weighted by molar-refractivity contribution is 0.0500. The molecule has 0 fully saturated rings. The van der Waals surface area contributed by atoms with Crippen LogP contribution in [-0.2, 0) is 17.6 Å². The molecular weight excluding hydrogens is 246 g/mol. The first-order valence-corrected chi connectivity index (χ1v) is 7.23. The lowest BCUT2D eigenvalue weighted by Crippen LogP contribution is -2.41. The average Bonchev–Trinajstić information content (AvgIpc) is 2.53. The average molecular weight is 267 g/mol. The molecule has 18 heavy (non-hydrogen) atoms. The van der Waals surface area contributed by atoms with Crippen LogP contribution in [0.15, 0.2) is 6.07 Å². The molecule has 1 amide bonds. The number of hydrogen-bond donors (Lipinski definition) is 1. The van der Waals surface area contributed by atoms with Gasteiger partial charge in [-0.1, -0.05) is 0 Å². The lowest BCUT2D eigenvalue weighted by Gasteiger charge is -2.26. The second kappa shape index (κ2) is 4.92. The molecule has 1 aliphatic rings. The molecule has 1 aliphatic carbocycles. The van der Waals surface area contributed by atoms with Crippen molar-refractivity contribution in [3.05, 3.63) is 21.4 Å². The molecule has 0 radical (unpaired) electrons. The third-order valence-corrected chi connectivity index (χ3v) is 4.08. The maximum Gasteiger partial charge on any atom is 0.407 e. The van der Waals surface area contributed by atoms with Crippen molar-refractivity contribution in [3.8, 4) is 0 Å². The van der Waals surface area contributed by atoms with Gasteiger partial charge in [0.05, 0.1) is 0 Å². The standard InChI is InChI=1S/C14H21NO2S/c1-9-7-10-8-11(5-6-12(10)18-9)15-13(16)17-14(2,3)4/h7,11H,5-6,8H2,1-4H3,(H,15,16). The van der Waals surface area contributed by atoms with E-state index in [4.69, 9.17) is 4.74 Å². The summed E-state index contributed by atoms with van der Waals surface area (Å²) in [5.74, 6) is 0. The van der Waals surface area contributed by atoms with Gasteiger partial charge in [0, 0.05) is 15.8 Å². The summed E-state index contributed by atoms with van der Waals surface area (Å²) in [7, 11) is 0. The fraction of sp³-hybridized carbons (Fsp3) is 0.643. The third kappa shape index (κ3) is 3.48. The van der Waals surface area contributed by atoms with Gasteiger partial charge in [0.2, 0.25) is 0 Å². The van der Waals surface area contributed by atoms with E-state index in [1.165, 1.54) is 15.3 Å². The van der Waals surface area contributed by atoms with E-state index in [9.17, 15) is 4.79 Å². The Hall–Kier alpha value is -1.03. The highest BCUT2D eigenvalue weighted by molar-refractivity contribution is 7.12. The lowest BCUT2D eigenvalue weighted by atomic mass is 9.94. The number of aryl methyl sites for hydroxylation is 2. The fourth-order valence-electron chi connectivity index (χ4n) is 2.27. The molecule has 1 heterocycles. The SMILES string of the molecule is Cc1cc2c(s1)CCC(NC(=O)OC(C)(C)C)C2. The smallest absolute Gasteiger partial charge is 0.407 e. The van der Waals surface area contributed by atoms with E-state index in [-0.39, 0.29) is 12.1 Å². The van der Waals surface area contributed by atoms with Gasteiger partial charge in [0.25, 0.3) is 0 Å². The van der Waals surface area contributed by atoms with E-state index < -0.39 is 5.60 Å². The van der Waals surface area contributed by atoms with Crippen molar-refractivity contribution in [2.45, 2.75) is 58.6 Å². The monoisotopic (exact) mass is 267 g/mol. The van der Waals surface area contributed by atoms with Crippen LogP contribution in [0.25, 0.3) is 0 Å². The normalized spacial score (nSPS) is 19.2. The number of alkyl carbamates (subject to hydrolysis) is 1. The molecule has 100 valence electrons. The molecule has 0 aliphatic heterocycles. The summed E-state index contributed by atoms with van der Waals surface area (Å²) in [5.41, 5.74) is 0.966. The topological polar surface area (TPSA) is 38.3 Å². The number of fused-ring (bicyclic) bond motifs is 1. The van der Waals surface area contributed by atoms with Gasteiger partial charge in [-0.3, -0.25) is 0 Å². The van der Waals surface area contributed by atoms with Crippen LogP contribution in [0, 0.1) is 6.92 Å². The maximum absolute atomic E-state index is 11.7. The van der Waals surface area contributed by atoms with Crippen LogP contribution < -0.4 is 5.32 Å². The van der Waals surface area contributed by atoms with Crippen molar-refractivity contribution in [3.63, 3.8) is 0 Å². The van der Waals surface area contributed by atoms with Crippen LogP contribution in [0.5, 0.6) is 0 Å². The van der Waals surface area contributed by atoms with Gasteiger partial charge in [-0.05, 0) is 58.6 Å². The maximum atomic E-state index is 11.7. The molecule has 0 saturated heterocycles. The number of nitrogens with one attached hydrogen (secondary N) is 1. The molecule has 0 saturated carbocycles. The first-order valence-electron chi connectivity index (χ1n) is 6.41. The minimum atomic E-state index is -0.428. The summed E-state index contributed by atoms with van der Waals surface area (Å²) >= 11 is 1.88. The Balaban J connectivity index is 1.91. The molecule has 1 N–H and O–H groups in total. The van der Waals surface area contributed by atoms with Crippen molar-refractivity contribution in [1.29, 1.82) is 0 Å². The third-order valence-electron chi connectivity index (χ3n) is 2.93. The van der Waals surface area contributed by atoms with E-state index in [1.807, 2.05) is 32.1 Å². The van der Waals surface area contributed by atoms with Crippen molar-refractivity contribution >= 4 is 17.4 Å². The van der Waals surface area contributed by atoms with Crippen molar-refractivity contribution < 1.29 is 9.53 Å². The summed E-state index contributed by atoms with van der Waals surface area (Å²) in [4.78, 5) is 14.6. The summed E-state index contributed by atoms with van der Waals surface area (Å²) < 4.78 is 5.29. The van der Waals surface area contributed by atoms with Crippen LogP contribution >= 0.6 is 11.3 Å². The summed E-state index contributed by atoms with van der Waals surface area (Å²) in [6.07, 6.45) is 2.70. The number of hydrogen-bond acceptors (Lipinski definition) is 3. The minimum Gasteiger partial charge on any atom is -0.444 e. The number of carbonyl (C=O) groups excluding carboxylic acids is 1. The minimum absolute atomic E-state index is 0.210. The van der Waals surface area contributed by atoms with Crippen LogP contribution in [0.3, 0.4) is 0 Å². The van der Waals surface area contributed by atoms with E-state index in [2.05, 4.69) is 18.3 Å². The van der Waals surface area contributed by atoms with Gasteiger partial charge in [0.1, 0.15) is 5.60 Å². The fourth-order valence-corrected chi connectivity index (χ4v) is 3.35. The molecule has 1 aromatic rings. The Morgan fingerprint density at radius 1 is 1.50 bits per heavy atom. The van der Waals surface area contributed by atoms with E-state index >= 15 is 0 Å². The quantitative estimate of drug-likeness (QED) is 0.846. The summed E-state index contributed by atoms with van der Waals surface area (Å²) in [5, 5.41) is 2.97. The molecule has 1 atom stereocenters. The van der Waals surface area contributed by atoms with Crippen molar-refractivity contribution in [2.75, 3.05) is 0 Å². The number of carbonyl (C=O) groups is 1. The van der Waals surface area contributed by atoms with E-state index in [1.54, 1.807) is 0 Å². The molecular formula is C14H21NO2S. The summed E-state index contributed by atoms with van der Waals surface area (Å²) in [6.45, 7) is 7.79. The number of thiophene rings is 1. The zero-order valence-corrected chi connectivity index (χ0v) is 12.3. The molecule has 2 rings (SSSR count). The highest BCUT2D eigenvalue weighted by atomic mass is 32.1. The molecule has 1 aromatic heterocycles. The molecule has 0 bridgehead atoms. The Morgan fingerprint density at radius 2 is 2.22 bits per heavy atom. The van der Waals surface area contributed by atoms with E-state index in [0.717, 1.165) is 19.3 Å². The Kier molecular flexibility index (Phi) is 3.66. The Labute approximate surface area is 113 Å². The van der Waals surface area contributed by atoms with Gasteiger partial charge in [-0.2, -0.15) is 0 Å². The number of rotatable bonds is 1. The molecule has 1 unspecified atom stereocenters. The van der Waals surface area contributed by atoms with Crippen molar-refractivity contribution in [1.82, 2.24) is 5.32 Å². The van der Waals surface area contributed by atoms with Crippen molar-refractivity contribution in [2.24, 2.45) is 0 Å². The van der Waals surface area contributed by atoms with Gasteiger partial charge >= 0.3 is 6.09 Å². The zero-order valence-electron chi connectivity index (χ0n) is 11.5. The molecule has 0 aromatic carbocycles. The Bertz CT molecular complexity index is 445. The van der Waals surface area contributed by atoms with Crippen LogP contribution in [0.1, 0.15) is 42.5 Å². The zero-order chi connectivity index (χ0) is 13.3. The molecule has 0 spiro atoms. The molecule has 4 heteroatoms. The molecule has 3 nitrogen and oxygen atoms in total. The van der Waals surface area contributed by atoms with Gasteiger partial charge in [-0.25, -0.2) is 4.79 Å². The van der Waals surface area contributed by atoms with Crippen LogP contribution in [0.2, 0.25) is 0 Å². The predicted molar refractivity (Wildman–Crippen MR) is 74.2 cm³/mol. The highest BCUT2D eigenvalue weighted by Crippen LogP contribution is 2.29. The second-order valence-corrected chi connectivity index (χ2v) is 7.23. The van der Waals surface area contributed by atoms with Gasteiger partial charge in [-0.15, -0.1) is 11.3 Å². The van der Waals surface area contributed by atoms with E-state index in [0.29, 0.717) is 0 Å². The number of ether oxygens (including phenoxy) is 1. The largest absolute Gasteiger partial charge is 0.444 e. The van der Waals surface area contributed by atoms with Gasteiger partial charge in [0.15, 0.2) is 0 Å². The first kappa shape index (κ1) is 13.4. The number of amides is 1. The first-order chi connectivity index (χ1) is 8.33. The summed E-state index contributed by atoms with van der Waals surface area (Å²) in [6, 6.07) is 2.45. The van der Waals surface area contributed by atoms with Gasteiger partial charge < -0.3 is 10.1 Å². The van der Waals surface area contributed by atoms with Crippen LogP contribution in [0.4, 0.5) is 4.79 Å².